The van der Waals surface area contributed by atoms with E-state index in [1.54, 1.807) is 11.0 Å². The summed E-state index contributed by atoms with van der Waals surface area (Å²) in [5.41, 5.74) is 1.73. The number of H-pyrrole nitrogens is 1. The molecule has 8 heteroatoms. The molecule has 0 spiro atoms. The monoisotopic (exact) mass is 448 g/mol. The van der Waals surface area contributed by atoms with Crippen LogP contribution in [0.3, 0.4) is 0 Å². The van der Waals surface area contributed by atoms with Crippen molar-refractivity contribution in [3.05, 3.63) is 64.4 Å². The molecule has 0 unspecified atom stereocenters. The van der Waals surface area contributed by atoms with Crippen molar-refractivity contribution >= 4 is 22.6 Å². The standard InChI is InChI=1S/C25H28N4O4/c1-2-28-10-6-9-20(28)15-29(25(31)26-19-7-4-3-5-8-19)14-18-11-17-12-22-23(33-16-32-22)13-21(17)27-24(18)30/h3-5,7-8,11-13,20H,2,6,9-10,14-16H2,1H3,(H,26,31)(H,27,30)/t20-/m1/s1. The van der Waals surface area contributed by atoms with E-state index in [1.165, 1.54) is 0 Å². The maximum atomic E-state index is 13.3. The summed E-state index contributed by atoms with van der Waals surface area (Å²) in [6.45, 7) is 5.08. The van der Waals surface area contributed by atoms with E-state index in [9.17, 15) is 9.59 Å². The smallest absolute Gasteiger partial charge is 0.322 e. The van der Waals surface area contributed by atoms with Gasteiger partial charge in [0.1, 0.15) is 0 Å². The molecular weight excluding hydrogens is 420 g/mol. The fourth-order valence-electron chi connectivity index (χ4n) is 4.68. The third-order valence-electron chi connectivity index (χ3n) is 6.42. The van der Waals surface area contributed by atoms with Gasteiger partial charge in [-0.3, -0.25) is 9.69 Å². The first-order valence-corrected chi connectivity index (χ1v) is 11.4. The number of ether oxygens (including phenoxy) is 2. The summed E-state index contributed by atoms with van der Waals surface area (Å²) in [5, 5.41) is 3.82. The van der Waals surface area contributed by atoms with E-state index in [-0.39, 0.29) is 31.0 Å². The number of nitrogens with one attached hydrogen (secondary N) is 2. The second kappa shape index (κ2) is 9.15. The van der Waals surface area contributed by atoms with Gasteiger partial charge < -0.3 is 24.7 Å². The number of rotatable bonds is 6. The first-order valence-electron chi connectivity index (χ1n) is 11.4. The summed E-state index contributed by atoms with van der Waals surface area (Å²) in [6.07, 6.45) is 2.16. The average Bonchev–Trinajstić information content (AvgIpc) is 3.46. The third kappa shape index (κ3) is 4.52. The lowest BCUT2D eigenvalue weighted by atomic mass is 10.1. The maximum absolute atomic E-state index is 13.3. The number of likely N-dealkylation sites (tertiary alicyclic amines) is 1. The first-order chi connectivity index (χ1) is 16.1. The summed E-state index contributed by atoms with van der Waals surface area (Å²) < 4.78 is 10.9. The van der Waals surface area contributed by atoms with E-state index in [1.807, 2.05) is 42.5 Å². The third-order valence-corrected chi connectivity index (χ3v) is 6.42. The molecule has 8 nitrogen and oxygen atoms in total. The Balaban J connectivity index is 1.43. The van der Waals surface area contributed by atoms with Gasteiger partial charge in [-0.2, -0.15) is 0 Å². The topological polar surface area (TPSA) is 86.9 Å². The first kappa shape index (κ1) is 21.3. The van der Waals surface area contributed by atoms with Crippen LogP contribution in [0.15, 0.2) is 53.3 Å². The lowest BCUT2D eigenvalue weighted by Crippen LogP contribution is -2.45. The molecule has 3 aromatic rings. The molecule has 1 atom stereocenters. The van der Waals surface area contributed by atoms with Crippen LogP contribution in [0.4, 0.5) is 10.5 Å². The highest BCUT2D eigenvalue weighted by Gasteiger charge is 2.28. The average molecular weight is 449 g/mol. The molecule has 2 amide bonds. The van der Waals surface area contributed by atoms with Crippen molar-refractivity contribution < 1.29 is 14.3 Å². The second-order valence-corrected chi connectivity index (χ2v) is 8.52. The number of pyridine rings is 1. The number of urea groups is 1. The molecule has 2 aromatic carbocycles. The van der Waals surface area contributed by atoms with Crippen molar-refractivity contribution in [3.63, 3.8) is 0 Å². The molecule has 1 saturated heterocycles. The Morgan fingerprint density at radius 3 is 2.76 bits per heavy atom. The van der Waals surface area contributed by atoms with Crippen LogP contribution in [0.2, 0.25) is 0 Å². The molecule has 3 heterocycles. The van der Waals surface area contributed by atoms with Crippen LogP contribution in [0.25, 0.3) is 10.9 Å². The Morgan fingerprint density at radius 1 is 1.18 bits per heavy atom. The summed E-state index contributed by atoms with van der Waals surface area (Å²) in [6, 6.07) is 14.9. The van der Waals surface area contributed by atoms with Crippen molar-refractivity contribution in [1.82, 2.24) is 14.8 Å². The van der Waals surface area contributed by atoms with Gasteiger partial charge in [0.25, 0.3) is 5.56 Å². The van der Waals surface area contributed by atoms with Crippen LogP contribution in [0, 0.1) is 0 Å². The Labute approximate surface area is 192 Å². The van der Waals surface area contributed by atoms with E-state index < -0.39 is 0 Å². The lowest BCUT2D eigenvalue weighted by molar-refractivity contribution is 0.174. The molecule has 33 heavy (non-hydrogen) atoms. The second-order valence-electron chi connectivity index (χ2n) is 8.52. The van der Waals surface area contributed by atoms with Crippen molar-refractivity contribution in [2.45, 2.75) is 32.4 Å². The number of nitrogens with zero attached hydrogens (tertiary/aromatic N) is 2. The van der Waals surface area contributed by atoms with E-state index in [2.05, 4.69) is 22.1 Å². The number of anilines is 1. The van der Waals surface area contributed by atoms with Gasteiger partial charge in [-0.15, -0.1) is 0 Å². The number of aromatic amines is 1. The summed E-state index contributed by atoms with van der Waals surface area (Å²) in [5.74, 6) is 1.28. The number of likely N-dealkylation sites (N-methyl/N-ethyl adjacent to an activating group) is 1. The number of hydrogen-bond acceptors (Lipinski definition) is 5. The Morgan fingerprint density at radius 2 is 1.97 bits per heavy atom. The minimum Gasteiger partial charge on any atom is -0.454 e. The van der Waals surface area contributed by atoms with E-state index in [0.29, 0.717) is 29.1 Å². The molecule has 5 rings (SSSR count). The SMILES string of the molecule is CCN1CCC[C@@H]1CN(Cc1cc2cc3c(cc2[nH]c1=O)OCO3)C(=O)Nc1ccccc1. The number of fused-ring (bicyclic) bond motifs is 2. The molecular formula is C25H28N4O4. The molecule has 2 aliphatic heterocycles. The van der Waals surface area contributed by atoms with Gasteiger partial charge in [0.15, 0.2) is 11.5 Å². The van der Waals surface area contributed by atoms with Crippen LogP contribution in [0.1, 0.15) is 25.3 Å². The highest BCUT2D eigenvalue weighted by atomic mass is 16.7. The number of aromatic nitrogens is 1. The Kier molecular flexibility index (Phi) is 5.92. The summed E-state index contributed by atoms with van der Waals surface area (Å²) >= 11 is 0. The maximum Gasteiger partial charge on any atom is 0.322 e. The van der Waals surface area contributed by atoms with E-state index in [4.69, 9.17) is 9.47 Å². The minimum absolute atomic E-state index is 0.172. The number of hydrogen-bond donors (Lipinski definition) is 2. The lowest BCUT2D eigenvalue weighted by Gasteiger charge is -2.30. The van der Waals surface area contributed by atoms with Gasteiger partial charge in [-0.25, -0.2) is 4.79 Å². The fourth-order valence-corrected chi connectivity index (χ4v) is 4.68. The van der Waals surface area contributed by atoms with Gasteiger partial charge >= 0.3 is 6.03 Å². The molecule has 0 saturated carbocycles. The van der Waals surface area contributed by atoms with Gasteiger partial charge in [0, 0.05) is 35.3 Å². The number of benzene rings is 2. The molecule has 1 fully saturated rings. The van der Waals surface area contributed by atoms with Gasteiger partial charge in [-0.1, -0.05) is 25.1 Å². The largest absolute Gasteiger partial charge is 0.454 e. The molecule has 172 valence electrons. The zero-order chi connectivity index (χ0) is 22.8. The summed E-state index contributed by atoms with van der Waals surface area (Å²) in [7, 11) is 0. The summed E-state index contributed by atoms with van der Waals surface area (Å²) in [4.78, 5) is 33.3. The van der Waals surface area contributed by atoms with Gasteiger partial charge in [0.2, 0.25) is 6.79 Å². The van der Waals surface area contributed by atoms with Crippen molar-refractivity contribution in [3.8, 4) is 11.5 Å². The van der Waals surface area contributed by atoms with Gasteiger partial charge in [-0.05, 0) is 50.2 Å². The van der Waals surface area contributed by atoms with E-state index >= 15 is 0 Å². The van der Waals surface area contributed by atoms with Crippen LogP contribution < -0.4 is 20.3 Å². The van der Waals surface area contributed by atoms with Crippen LogP contribution in [0.5, 0.6) is 11.5 Å². The van der Waals surface area contributed by atoms with Crippen LogP contribution in [-0.4, -0.2) is 53.3 Å². The molecule has 0 aliphatic carbocycles. The molecule has 0 radical (unpaired) electrons. The highest BCUT2D eigenvalue weighted by Crippen LogP contribution is 2.35. The van der Waals surface area contributed by atoms with Gasteiger partial charge in [0.05, 0.1) is 12.1 Å². The van der Waals surface area contributed by atoms with Crippen molar-refractivity contribution in [1.29, 1.82) is 0 Å². The number of carbonyl (C=O) groups excluding carboxylic acids is 1. The number of para-hydroxylation sites is 1. The quantitative estimate of drug-likeness (QED) is 0.599. The number of amides is 2. The molecule has 2 N–H and O–H groups in total. The molecule has 1 aromatic heterocycles. The van der Waals surface area contributed by atoms with E-state index in [0.717, 1.165) is 37.0 Å². The van der Waals surface area contributed by atoms with Crippen molar-refractivity contribution in [2.24, 2.45) is 0 Å². The predicted molar refractivity (Wildman–Crippen MR) is 127 cm³/mol. The molecule has 2 aliphatic rings. The highest BCUT2D eigenvalue weighted by molar-refractivity contribution is 5.89. The fraction of sp³-hybridized carbons (Fsp3) is 0.360. The van der Waals surface area contributed by atoms with Crippen LogP contribution in [-0.2, 0) is 6.54 Å². The number of carbonyl (C=O) groups is 1. The minimum atomic E-state index is -0.214. The molecule has 0 bridgehead atoms. The Bertz CT molecular complexity index is 1210. The predicted octanol–water partition coefficient (Wildman–Crippen LogP) is 3.78. The zero-order valence-electron chi connectivity index (χ0n) is 18.7. The van der Waals surface area contributed by atoms with Crippen molar-refractivity contribution in [2.75, 3.05) is 31.7 Å². The normalized spacial score (nSPS) is 17.4. The zero-order valence-corrected chi connectivity index (χ0v) is 18.7. The Hall–Kier alpha value is -3.52. The van der Waals surface area contributed by atoms with Crippen LogP contribution >= 0.6 is 0 Å².